The number of aliphatic carboxylic acids is 1. The molecule has 0 unspecified atom stereocenters. The van der Waals surface area contributed by atoms with Crippen molar-refractivity contribution in [3.05, 3.63) is 77.4 Å². The van der Waals surface area contributed by atoms with E-state index in [0.29, 0.717) is 18.7 Å². The molecule has 3 aromatic rings. The summed E-state index contributed by atoms with van der Waals surface area (Å²) in [5.41, 5.74) is -1.59. The average molecular weight is 626 g/mol. The highest BCUT2D eigenvalue weighted by Gasteiger charge is 2.51. The van der Waals surface area contributed by atoms with Gasteiger partial charge in [0.15, 0.2) is 5.60 Å². The Morgan fingerprint density at radius 3 is 2.10 bits per heavy atom. The molecule has 3 heterocycles. The number of alkyl halides is 6. The molecule has 0 spiro atoms. The number of anilines is 1. The van der Waals surface area contributed by atoms with Crippen LogP contribution in [0.4, 0.5) is 32.0 Å². The molecule has 8 nitrogen and oxygen atoms in total. The summed E-state index contributed by atoms with van der Waals surface area (Å²) in [4.78, 5) is 14.9. The number of carbonyl (C=O) groups is 1. The van der Waals surface area contributed by atoms with Crippen LogP contribution in [0.1, 0.15) is 18.1 Å². The van der Waals surface area contributed by atoms with E-state index in [1.54, 1.807) is 42.0 Å². The quantitative estimate of drug-likeness (QED) is 0.383. The summed E-state index contributed by atoms with van der Waals surface area (Å²) < 4.78 is 99.4. The fourth-order valence-corrected chi connectivity index (χ4v) is 6.64. The summed E-state index contributed by atoms with van der Waals surface area (Å²) in [6.07, 6.45) is -6.03. The summed E-state index contributed by atoms with van der Waals surface area (Å²) in [6.45, 7) is 1.57. The van der Waals surface area contributed by atoms with Gasteiger partial charge in [-0.3, -0.25) is 4.98 Å². The van der Waals surface area contributed by atoms with Crippen LogP contribution in [0.2, 0.25) is 0 Å². The zero-order chi connectivity index (χ0) is 30.6. The van der Waals surface area contributed by atoms with Gasteiger partial charge < -0.3 is 15.1 Å². The number of rotatable bonds is 6. The molecule has 4 rings (SSSR count). The normalized spacial score (nSPS) is 18.2. The number of thiophene rings is 1. The van der Waals surface area contributed by atoms with E-state index in [2.05, 4.69) is 4.98 Å². The van der Waals surface area contributed by atoms with Gasteiger partial charge in [-0.25, -0.2) is 13.2 Å². The second-order valence-electron chi connectivity index (χ2n) is 9.12. The molecule has 0 radical (unpaired) electrons. The van der Waals surface area contributed by atoms with Crippen molar-refractivity contribution in [1.82, 2.24) is 9.29 Å². The largest absolute Gasteiger partial charge is 0.490 e. The number of piperazine rings is 1. The first-order chi connectivity index (χ1) is 18.9. The number of hydrogen-bond acceptors (Lipinski definition) is 7. The third-order valence-electron chi connectivity index (χ3n) is 6.31. The number of halogens is 6. The summed E-state index contributed by atoms with van der Waals surface area (Å²) in [5.74, 6) is -2.76. The van der Waals surface area contributed by atoms with Gasteiger partial charge in [0, 0.05) is 43.8 Å². The number of aromatic nitrogens is 1. The van der Waals surface area contributed by atoms with Crippen molar-refractivity contribution in [3.63, 3.8) is 0 Å². The van der Waals surface area contributed by atoms with Crippen LogP contribution in [0.3, 0.4) is 0 Å². The lowest BCUT2D eigenvalue weighted by atomic mass is 9.94. The van der Waals surface area contributed by atoms with Crippen molar-refractivity contribution in [1.29, 1.82) is 0 Å². The molecule has 2 aromatic heterocycles. The highest BCUT2D eigenvalue weighted by molar-refractivity contribution is 7.91. The van der Waals surface area contributed by atoms with Gasteiger partial charge in [0.25, 0.3) is 10.0 Å². The zero-order valence-corrected chi connectivity index (χ0v) is 22.9. The Morgan fingerprint density at radius 2 is 1.61 bits per heavy atom. The zero-order valence-electron chi connectivity index (χ0n) is 21.3. The van der Waals surface area contributed by atoms with Crippen LogP contribution in [-0.2, 0) is 26.8 Å². The molecule has 224 valence electrons. The number of pyridine rings is 1. The lowest BCUT2D eigenvalue weighted by molar-refractivity contribution is -0.258. The van der Waals surface area contributed by atoms with E-state index in [0.717, 1.165) is 23.8 Å². The van der Waals surface area contributed by atoms with Gasteiger partial charge in [0.2, 0.25) is 0 Å². The SMILES string of the molecule is C[C@](O)(c1ccc(N2CCN(S(=O)(=O)c3cccs3)C[C@H]2Cc2ccncc2)cc1)C(F)(F)F.O=C(O)C(F)(F)F. The van der Waals surface area contributed by atoms with E-state index >= 15 is 0 Å². The number of benzene rings is 1. The van der Waals surface area contributed by atoms with Gasteiger partial charge in [-0.2, -0.15) is 30.6 Å². The second-order valence-corrected chi connectivity index (χ2v) is 12.2. The van der Waals surface area contributed by atoms with Crippen molar-refractivity contribution in [3.8, 4) is 0 Å². The molecule has 2 atom stereocenters. The molecule has 0 bridgehead atoms. The first kappa shape index (κ1) is 32.3. The first-order valence-electron chi connectivity index (χ1n) is 11.8. The van der Waals surface area contributed by atoms with Crippen LogP contribution in [0.25, 0.3) is 0 Å². The highest BCUT2D eigenvalue weighted by atomic mass is 32.2. The van der Waals surface area contributed by atoms with E-state index in [1.807, 2.05) is 17.0 Å². The fraction of sp³-hybridized carbons (Fsp3) is 0.360. The smallest absolute Gasteiger partial charge is 0.475 e. The summed E-state index contributed by atoms with van der Waals surface area (Å²) in [7, 11) is -3.64. The average Bonchev–Trinajstić information content (AvgIpc) is 3.45. The van der Waals surface area contributed by atoms with Crippen LogP contribution in [0.5, 0.6) is 0 Å². The molecule has 0 amide bonds. The van der Waals surface area contributed by atoms with Crippen molar-refractivity contribution >= 4 is 33.0 Å². The summed E-state index contributed by atoms with van der Waals surface area (Å²) in [5, 5.41) is 18.8. The topological polar surface area (TPSA) is 111 Å². The Balaban J connectivity index is 0.000000587. The summed E-state index contributed by atoms with van der Waals surface area (Å²) in [6, 6.07) is 12.3. The molecule has 0 aliphatic carbocycles. The first-order valence-corrected chi connectivity index (χ1v) is 14.2. The number of nitrogens with zero attached hydrogens (tertiary/aromatic N) is 3. The van der Waals surface area contributed by atoms with Gasteiger partial charge in [0.1, 0.15) is 4.21 Å². The van der Waals surface area contributed by atoms with Gasteiger partial charge in [-0.1, -0.05) is 18.2 Å². The Kier molecular flexibility index (Phi) is 9.73. The van der Waals surface area contributed by atoms with Crippen LogP contribution >= 0.6 is 11.3 Å². The molecular formula is C25H25F6N3O5S2. The van der Waals surface area contributed by atoms with Crippen LogP contribution < -0.4 is 4.90 Å². The van der Waals surface area contributed by atoms with Gasteiger partial charge in [-0.05, 0) is 60.2 Å². The minimum Gasteiger partial charge on any atom is -0.475 e. The predicted octanol–water partition coefficient (Wildman–Crippen LogP) is 4.67. The predicted molar refractivity (Wildman–Crippen MR) is 138 cm³/mol. The van der Waals surface area contributed by atoms with E-state index < -0.39 is 33.9 Å². The standard InChI is InChI=1S/C23H24F3N3O3S2.C2HF3O2/c1-22(30,23(24,25)26)18-4-6-19(7-5-18)29-13-12-28(34(31,32)21-3-2-14-33-21)16-20(29)15-17-8-10-27-11-9-17;3-2(4,5)1(6)7/h2-11,14,20,30H,12-13,15-16H2,1H3;(H,6,7)/t20-,22+;/m1./s1. The Morgan fingerprint density at radius 1 is 1.02 bits per heavy atom. The molecule has 1 aliphatic heterocycles. The lowest BCUT2D eigenvalue weighted by Gasteiger charge is -2.42. The number of sulfonamides is 1. The third-order valence-corrected chi connectivity index (χ3v) is 9.55. The number of carboxylic acid groups (broad SMARTS) is 1. The minimum absolute atomic E-state index is 0.227. The lowest BCUT2D eigenvalue weighted by Crippen LogP contribution is -2.55. The maximum absolute atomic E-state index is 13.2. The van der Waals surface area contributed by atoms with Gasteiger partial charge in [-0.15, -0.1) is 11.3 Å². The maximum Gasteiger partial charge on any atom is 0.490 e. The summed E-state index contributed by atoms with van der Waals surface area (Å²) >= 11 is 1.16. The number of aliphatic hydroxyl groups is 1. The van der Waals surface area contributed by atoms with E-state index in [4.69, 9.17) is 9.90 Å². The van der Waals surface area contributed by atoms with Crippen LogP contribution in [-0.4, -0.2) is 71.9 Å². The van der Waals surface area contributed by atoms with Crippen molar-refractivity contribution in [2.24, 2.45) is 0 Å². The Bertz CT molecular complexity index is 1400. The van der Waals surface area contributed by atoms with Crippen LogP contribution in [0, 0.1) is 0 Å². The second kappa shape index (κ2) is 12.3. The van der Waals surface area contributed by atoms with Crippen molar-refractivity contribution in [2.45, 2.75) is 41.5 Å². The van der Waals surface area contributed by atoms with E-state index in [9.17, 15) is 39.9 Å². The highest BCUT2D eigenvalue weighted by Crippen LogP contribution is 2.39. The van der Waals surface area contributed by atoms with Gasteiger partial charge >= 0.3 is 18.3 Å². The van der Waals surface area contributed by atoms with E-state index in [-0.39, 0.29) is 28.9 Å². The molecule has 1 saturated heterocycles. The number of hydrogen-bond donors (Lipinski definition) is 2. The molecular weight excluding hydrogens is 600 g/mol. The minimum atomic E-state index is -5.08. The third kappa shape index (κ3) is 7.75. The monoisotopic (exact) mass is 625 g/mol. The molecule has 1 fully saturated rings. The van der Waals surface area contributed by atoms with Crippen molar-refractivity contribution < 1.29 is 49.8 Å². The van der Waals surface area contributed by atoms with Crippen LogP contribution in [0.15, 0.2) is 70.5 Å². The molecule has 2 N–H and O–H groups in total. The van der Waals surface area contributed by atoms with Gasteiger partial charge in [0.05, 0.1) is 0 Å². The Hall–Kier alpha value is -3.21. The molecule has 1 aliphatic rings. The van der Waals surface area contributed by atoms with E-state index in [1.165, 1.54) is 16.4 Å². The van der Waals surface area contributed by atoms with Crippen molar-refractivity contribution in [2.75, 3.05) is 24.5 Å². The molecule has 1 aromatic carbocycles. The Labute approximate surface area is 235 Å². The molecule has 16 heteroatoms. The molecule has 41 heavy (non-hydrogen) atoms. The number of carboxylic acids is 1. The molecule has 0 saturated carbocycles. The maximum atomic E-state index is 13.2. The fourth-order valence-electron chi connectivity index (χ4n) is 4.03.